The number of benzene rings is 2. The average molecular weight is 457 g/mol. The van der Waals surface area contributed by atoms with Crippen LogP contribution in [0.15, 0.2) is 40.9 Å². The van der Waals surface area contributed by atoms with Crippen molar-refractivity contribution in [2.45, 2.75) is 6.54 Å². The lowest BCUT2D eigenvalue weighted by atomic mass is 10.2. The van der Waals surface area contributed by atoms with Crippen LogP contribution in [0.5, 0.6) is 0 Å². The normalized spacial score (nSPS) is 10.4. The molecule has 2 aromatic rings. The molecule has 0 radical (unpaired) electrons. The summed E-state index contributed by atoms with van der Waals surface area (Å²) in [5.41, 5.74) is 2.16. The minimum atomic E-state index is 0.581. The molecule has 0 amide bonds. The highest BCUT2D eigenvalue weighted by atomic mass is 127. The monoisotopic (exact) mass is 455 g/mol. The zero-order valence-electron chi connectivity index (χ0n) is 9.18. The Morgan fingerprint density at radius 3 is 2.50 bits per heavy atom. The first-order valence-electron chi connectivity index (χ1n) is 5.19. The zero-order valence-corrected chi connectivity index (χ0v) is 14.4. The Kier molecular flexibility index (Phi) is 5.18. The summed E-state index contributed by atoms with van der Waals surface area (Å²) in [7, 11) is 0. The molecule has 5 heteroatoms. The van der Waals surface area contributed by atoms with Crippen LogP contribution in [0.3, 0.4) is 0 Å². The van der Waals surface area contributed by atoms with Gasteiger partial charge in [0.1, 0.15) is 0 Å². The Labute approximate surface area is 138 Å². The van der Waals surface area contributed by atoms with E-state index >= 15 is 0 Å². The molecule has 0 bridgehead atoms. The molecule has 0 unspecified atom stereocenters. The highest BCUT2D eigenvalue weighted by molar-refractivity contribution is 14.1. The summed E-state index contributed by atoms with van der Waals surface area (Å²) in [6.45, 7) is 0.712. The van der Waals surface area contributed by atoms with Gasteiger partial charge in [-0.1, -0.05) is 29.3 Å². The quantitative estimate of drug-likeness (QED) is 0.561. The van der Waals surface area contributed by atoms with Gasteiger partial charge < -0.3 is 5.32 Å². The van der Waals surface area contributed by atoms with E-state index in [4.69, 9.17) is 23.2 Å². The molecule has 0 aliphatic rings. The second-order valence-corrected chi connectivity index (χ2v) is 6.56. The van der Waals surface area contributed by atoms with Gasteiger partial charge in [-0.15, -0.1) is 0 Å². The van der Waals surface area contributed by atoms with Crippen molar-refractivity contribution in [2.75, 3.05) is 5.32 Å². The van der Waals surface area contributed by atoms with Gasteiger partial charge in [0, 0.05) is 20.3 Å². The molecule has 1 nitrogen and oxygen atoms in total. The van der Waals surface area contributed by atoms with E-state index in [1.165, 1.54) is 3.57 Å². The van der Waals surface area contributed by atoms with Crippen molar-refractivity contribution < 1.29 is 0 Å². The first-order valence-corrected chi connectivity index (χ1v) is 7.82. The van der Waals surface area contributed by atoms with Crippen LogP contribution in [0.1, 0.15) is 5.56 Å². The summed E-state index contributed by atoms with van der Waals surface area (Å²) in [6.07, 6.45) is 0. The Morgan fingerprint density at radius 2 is 1.83 bits per heavy atom. The lowest BCUT2D eigenvalue weighted by Gasteiger charge is -2.08. The van der Waals surface area contributed by atoms with Gasteiger partial charge >= 0.3 is 0 Å². The summed E-state index contributed by atoms with van der Waals surface area (Å²) >= 11 is 17.6. The lowest BCUT2D eigenvalue weighted by Crippen LogP contribution is -1.99. The van der Waals surface area contributed by atoms with E-state index in [-0.39, 0.29) is 0 Å². The molecule has 0 aliphatic heterocycles. The van der Waals surface area contributed by atoms with E-state index in [1.54, 1.807) is 0 Å². The maximum atomic E-state index is 5.97. The van der Waals surface area contributed by atoms with Crippen LogP contribution in [0.2, 0.25) is 10.0 Å². The van der Waals surface area contributed by atoms with Gasteiger partial charge in [-0.3, -0.25) is 0 Å². The van der Waals surface area contributed by atoms with E-state index in [2.05, 4.69) is 56.0 Å². The molecule has 0 saturated heterocycles. The number of nitrogens with one attached hydrogen (secondary N) is 1. The molecule has 94 valence electrons. The number of hydrogen-bond acceptors (Lipinski definition) is 1. The summed E-state index contributed by atoms with van der Waals surface area (Å²) < 4.78 is 2.27. The van der Waals surface area contributed by atoms with Gasteiger partial charge in [0.05, 0.1) is 10.0 Å². The van der Waals surface area contributed by atoms with Gasteiger partial charge in [0.25, 0.3) is 0 Å². The number of anilines is 1. The van der Waals surface area contributed by atoms with Crippen LogP contribution >= 0.6 is 61.7 Å². The third-order valence-corrected chi connectivity index (χ3v) is 5.48. The van der Waals surface area contributed by atoms with Crippen molar-refractivity contribution in [2.24, 2.45) is 0 Å². The van der Waals surface area contributed by atoms with E-state index in [9.17, 15) is 0 Å². The second kappa shape index (κ2) is 6.46. The molecular formula is C13H9BrCl2IN. The largest absolute Gasteiger partial charge is 0.381 e. The maximum absolute atomic E-state index is 5.97. The number of hydrogen-bond donors (Lipinski definition) is 1. The standard InChI is InChI=1S/C13H9BrCl2IN/c14-10-6-9(2-4-13(10)17)18-7-8-1-3-11(15)12(16)5-8/h1-6,18H,7H2. The van der Waals surface area contributed by atoms with Crippen molar-refractivity contribution in [3.8, 4) is 0 Å². The van der Waals surface area contributed by atoms with Gasteiger partial charge in [-0.2, -0.15) is 0 Å². The molecule has 0 atom stereocenters. The van der Waals surface area contributed by atoms with Crippen molar-refractivity contribution in [3.05, 3.63) is 60.0 Å². The first kappa shape index (κ1) is 14.4. The molecule has 0 saturated carbocycles. The van der Waals surface area contributed by atoms with Crippen molar-refractivity contribution >= 4 is 67.4 Å². The van der Waals surface area contributed by atoms with Crippen LogP contribution in [-0.4, -0.2) is 0 Å². The summed E-state index contributed by atoms with van der Waals surface area (Å²) in [4.78, 5) is 0. The highest BCUT2D eigenvalue weighted by Gasteiger charge is 2.01. The van der Waals surface area contributed by atoms with Crippen LogP contribution in [0.4, 0.5) is 5.69 Å². The Morgan fingerprint density at radius 1 is 1.06 bits per heavy atom. The highest BCUT2D eigenvalue weighted by Crippen LogP contribution is 2.25. The molecule has 0 aliphatic carbocycles. The molecule has 0 fully saturated rings. The van der Waals surface area contributed by atoms with E-state index in [0.29, 0.717) is 16.6 Å². The van der Waals surface area contributed by atoms with Crippen LogP contribution in [-0.2, 0) is 6.54 Å². The molecule has 1 N–H and O–H groups in total. The third-order valence-electron chi connectivity index (χ3n) is 2.40. The smallest absolute Gasteiger partial charge is 0.0595 e. The molecular weight excluding hydrogens is 448 g/mol. The van der Waals surface area contributed by atoms with Gasteiger partial charge in [0.15, 0.2) is 0 Å². The van der Waals surface area contributed by atoms with Crippen LogP contribution in [0.25, 0.3) is 0 Å². The fourth-order valence-electron chi connectivity index (χ4n) is 1.46. The lowest BCUT2D eigenvalue weighted by molar-refractivity contribution is 1.15. The number of rotatable bonds is 3. The summed E-state index contributed by atoms with van der Waals surface area (Å²) in [5.74, 6) is 0. The summed E-state index contributed by atoms with van der Waals surface area (Å²) in [5, 5.41) is 4.50. The van der Waals surface area contributed by atoms with E-state index in [1.807, 2.05) is 24.3 Å². The fraction of sp³-hybridized carbons (Fsp3) is 0.0769. The Balaban J connectivity index is 2.06. The minimum Gasteiger partial charge on any atom is -0.381 e. The molecule has 0 aromatic heterocycles. The molecule has 2 aromatic carbocycles. The Hall–Kier alpha value is 0.0300. The molecule has 18 heavy (non-hydrogen) atoms. The van der Waals surface area contributed by atoms with Crippen molar-refractivity contribution in [3.63, 3.8) is 0 Å². The molecule has 0 spiro atoms. The van der Waals surface area contributed by atoms with Crippen molar-refractivity contribution in [1.29, 1.82) is 0 Å². The molecule has 0 heterocycles. The topological polar surface area (TPSA) is 12.0 Å². The second-order valence-electron chi connectivity index (χ2n) is 3.73. The average Bonchev–Trinajstić information content (AvgIpc) is 2.35. The van der Waals surface area contributed by atoms with Crippen molar-refractivity contribution in [1.82, 2.24) is 0 Å². The maximum Gasteiger partial charge on any atom is 0.0595 e. The summed E-state index contributed by atoms with van der Waals surface area (Å²) in [6, 6.07) is 11.8. The molecule has 2 rings (SSSR count). The van der Waals surface area contributed by atoms with Crippen LogP contribution < -0.4 is 5.32 Å². The zero-order chi connectivity index (χ0) is 13.1. The number of halogens is 4. The fourth-order valence-corrected chi connectivity index (χ4v) is 2.49. The van der Waals surface area contributed by atoms with E-state index in [0.717, 1.165) is 15.7 Å². The third kappa shape index (κ3) is 3.76. The SMILES string of the molecule is Clc1ccc(CNc2ccc(I)c(Br)c2)cc1Cl. The minimum absolute atomic E-state index is 0.581. The predicted molar refractivity (Wildman–Crippen MR) is 90.6 cm³/mol. The van der Waals surface area contributed by atoms with Crippen LogP contribution in [0, 0.1) is 3.57 Å². The van der Waals surface area contributed by atoms with E-state index < -0.39 is 0 Å². The van der Waals surface area contributed by atoms with Gasteiger partial charge in [-0.05, 0) is 74.4 Å². The van der Waals surface area contributed by atoms with Gasteiger partial charge in [0.2, 0.25) is 0 Å². The van der Waals surface area contributed by atoms with Gasteiger partial charge in [-0.25, -0.2) is 0 Å². The predicted octanol–water partition coefficient (Wildman–Crippen LogP) is 5.97. The first-order chi connectivity index (χ1) is 8.56. The Bertz CT molecular complexity index is 523.